The SMILES string of the molecule is CN(C(=O)c1cccc2ccccc12)C1CCCCCC1. The summed E-state index contributed by atoms with van der Waals surface area (Å²) in [6.45, 7) is 0. The monoisotopic (exact) mass is 281 g/mol. The third kappa shape index (κ3) is 2.94. The molecule has 1 aliphatic rings. The molecule has 0 spiro atoms. The molecular formula is C19H23NO. The van der Waals surface area contributed by atoms with E-state index in [0.29, 0.717) is 6.04 Å². The van der Waals surface area contributed by atoms with Crippen LogP contribution in [0, 0.1) is 0 Å². The number of fused-ring (bicyclic) bond motifs is 1. The fraction of sp³-hybridized carbons (Fsp3) is 0.421. The Morgan fingerprint density at radius 2 is 1.62 bits per heavy atom. The number of nitrogens with zero attached hydrogens (tertiary/aromatic N) is 1. The average Bonchev–Trinajstić information content (AvgIpc) is 2.82. The van der Waals surface area contributed by atoms with E-state index in [2.05, 4.69) is 12.1 Å². The first kappa shape index (κ1) is 14.1. The predicted molar refractivity (Wildman–Crippen MR) is 87.5 cm³/mol. The van der Waals surface area contributed by atoms with Gasteiger partial charge in [-0.25, -0.2) is 0 Å². The molecule has 0 N–H and O–H groups in total. The van der Waals surface area contributed by atoms with Gasteiger partial charge in [-0.3, -0.25) is 4.79 Å². The highest BCUT2D eigenvalue weighted by Gasteiger charge is 2.23. The molecular weight excluding hydrogens is 258 g/mol. The normalized spacial score (nSPS) is 16.6. The first-order chi connectivity index (χ1) is 10.3. The molecule has 1 saturated carbocycles. The Morgan fingerprint density at radius 1 is 0.952 bits per heavy atom. The highest BCUT2D eigenvalue weighted by molar-refractivity contribution is 6.07. The van der Waals surface area contributed by atoms with Crippen LogP contribution in [0.4, 0.5) is 0 Å². The zero-order valence-electron chi connectivity index (χ0n) is 12.7. The quantitative estimate of drug-likeness (QED) is 0.735. The third-order valence-corrected chi connectivity index (χ3v) is 4.71. The van der Waals surface area contributed by atoms with Gasteiger partial charge in [0.2, 0.25) is 0 Å². The maximum atomic E-state index is 12.9. The minimum atomic E-state index is 0.165. The van der Waals surface area contributed by atoms with E-state index in [9.17, 15) is 4.79 Å². The van der Waals surface area contributed by atoms with Crippen molar-refractivity contribution in [3.63, 3.8) is 0 Å². The number of amides is 1. The molecule has 2 aromatic rings. The second kappa shape index (κ2) is 6.30. The van der Waals surface area contributed by atoms with Gasteiger partial charge in [0.05, 0.1) is 0 Å². The van der Waals surface area contributed by atoms with Gasteiger partial charge in [-0.05, 0) is 29.7 Å². The number of rotatable bonds is 2. The molecule has 2 heteroatoms. The molecule has 0 aliphatic heterocycles. The van der Waals surface area contributed by atoms with Crippen LogP contribution < -0.4 is 0 Å². The molecule has 2 aromatic carbocycles. The number of benzene rings is 2. The van der Waals surface area contributed by atoms with Gasteiger partial charge < -0.3 is 4.90 Å². The van der Waals surface area contributed by atoms with E-state index < -0.39 is 0 Å². The standard InChI is InChI=1S/C19H23NO/c1-20(16-11-4-2-3-5-12-16)19(21)18-14-8-10-15-9-6-7-13-17(15)18/h6-10,13-14,16H,2-5,11-12H2,1H3. The van der Waals surface area contributed by atoms with Gasteiger partial charge in [0, 0.05) is 18.7 Å². The van der Waals surface area contributed by atoms with Crippen molar-refractivity contribution in [1.82, 2.24) is 4.90 Å². The second-order valence-corrected chi connectivity index (χ2v) is 6.09. The van der Waals surface area contributed by atoms with E-state index in [0.717, 1.165) is 29.2 Å². The van der Waals surface area contributed by atoms with E-state index in [1.54, 1.807) is 0 Å². The first-order valence-corrected chi connectivity index (χ1v) is 8.02. The van der Waals surface area contributed by atoms with Crippen LogP contribution in [0.2, 0.25) is 0 Å². The molecule has 1 aliphatic carbocycles. The lowest BCUT2D eigenvalue weighted by atomic mass is 10.0. The van der Waals surface area contributed by atoms with Crippen LogP contribution in [0.3, 0.4) is 0 Å². The lowest BCUT2D eigenvalue weighted by Gasteiger charge is -2.27. The van der Waals surface area contributed by atoms with Crippen LogP contribution in [-0.4, -0.2) is 23.9 Å². The molecule has 0 heterocycles. The van der Waals surface area contributed by atoms with Crippen molar-refractivity contribution >= 4 is 16.7 Å². The van der Waals surface area contributed by atoms with Crippen LogP contribution >= 0.6 is 0 Å². The zero-order chi connectivity index (χ0) is 14.7. The molecule has 1 amide bonds. The van der Waals surface area contributed by atoms with Crippen molar-refractivity contribution in [1.29, 1.82) is 0 Å². The highest BCUT2D eigenvalue weighted by atomic mass is 16.2. The van der Waals surface area contributed by atoms with Crippen molar-refractivity contribution in [2.75, 3.05) is 7.05 Å². The third-order valence-electron chi connectivity index (χ3n) is 4.71. The summed E-state index contributed by atoms with van der Waals surface area (Å²) < 4.78 is 0. The molecule has 3 rings (SSSR count). The molecule has 1 fully saturated rings. The van der Waals surface area contributed by atoms with E-state index >= 15 is 0 Å². The Morgan fingerprint density at radius 3 is 2.38 bits per heavy atom. The van der Waals surface area contributed by atoms with Gasteiger partial charge in [0.15, 0.2) is 0 Å². The Hall–Kier alpha value is -1.83. The average molecular weight is 281 g/mol. The summed E-state index contributed by atoms with van der Waals surface area (Å²) in [4.78, 5) is 14.9. The van der Waals surface area contributed by atoms with Gasteiger partial charge in [0.25, 0.3) is 5.91 Å². The maximum Gasteiger partial charge on any atom is 0.254 e. The van der Waals surface area contributed by atoms with Crippen LogP contribution in [0.5, 0.6) is 0 Å². The van der Waals surface area contributed by atoms with Crippen LogP contribution in [-0.2, 0) is 0 Å². The topological polar surface area (TPSA) is 20.3 Å². The summed E-state index contributed by atoms with van der Waals surface area (Å²) in [5.74, 6) is 0.165. The first-order valence-electron chi connectivity index (χ1n) is 8.02. The summed E-state index contributed by atoms with van der Waals surface area (Å²) >= 11 is 0. The van der Waals surface area contributed by atoms with Crippen molar-refractivity contribution in [3.05, 3.63) is 48.0 Å². The zero-order valence-corrected chi connectivity index (χ0v) is 12.7. The number of hydrogen-bond donors (Lipinski definition) is 0. The van der Waals surface area contributed by atoms with Gasteiger partial charge in [-0.2, -0.15) is 0 Å². The summed E-state index contributed by atoms with van der Waals surface area (Å²) in [5.41, 5.74) is 0.833. The summed E-state index contributed by atoms with van der Waals surface area (Å²) in [6, 6.07) is 14.5. The van der Waals surface area contributed by atoms with Crippen molar-refractivity contribution in [3.8, 4) is 0 Å². The smallest absolute Gasteiger partial charge is 0.254 e. The molecule has 0 radical (unpaired) electrons. The molecule has 2 nitrogen and oxygen atoms in total. The van der Waals surface area contributed by atoms with Crippen molar-refractivity contribution in [2.45, 2.75) is 44.6 Å². The van der Waals surface area contributed by atoms with Crippen molar-refractivity contribution < 1.29 is 4.79 Å². The highest BCUT2D eigenvalue weighted by Crippen LogP contribution is 2.25. The molecule has 0 atom stereocenters. The fourth-order valence-electron chi connectivity index (χ4n) is 3.41. The second-order valence-electron chi connectivity index (χ2n) is 6.09. The molecule has 110 valence electrons. The fourth-order valence-corrected chi connectivity index (χ4v) is 3.41. The molecule has 0 bridgehead atoms. The molecule has 0 saturated heterocycles. The Labute approximate surface area is 126 Å². The van der Waals surface area contributed by atoms with Gasteiger partial charge >= 0.3 is 0 Å². The Balaban J connectivity index is 1.89. The van der Waals surface area contributed by atoms with Crippen molar-refractivity contribution in [2.24, 2.45) is 0 Å². The Kier molecular flexibility index (Phi) is 4.23. The number of carbonyl (C=O) groups is 1. The largest absolute Gasteiger partial charge is 0.339 e. The summed E-state index contributed by atoms with van der Waals surface area (Å²) in [5, 5.41) is 2.20. The minimum absolute atomic E-state index is 0.165. The van der Waals surface area contributed by atoms with Crippen LogP contribution in [0.25, 0.3) is 10.8 Å². The molecule has 21 heavy (non-hydrogen) atoms. The molecule has 0 unspecified atom stereocenters. The van der Waals surface area contributed by atoms with E-state index in [1.165, 1.54) is 25.7 Å². The van der Waals surface area contributed by atoms with Gasteiger partial charge in [-0.1, -0.05) is 62.1 Å². The van der Waals surface area contributed by atoms with Gasteiger partial charge in [-0.15, -0.1) is 0 Å². The van der Waals surface area contributed by atoms with Gasteiger partial charge in [0.1, 0.15) is 0 Å². The van der Waals surface area contributed by atoms with E-state index in [-0.39, 0.29) is 5.91 Å². The number of carbonyl (C=O) groups excluding carboxylic acids is 1. The van der Waals surface area contributed by atoms with E-state index in [4.69, 9.17) is 0 Å². The van der Waals surface area contributed by atoms with Crippen LogP contribution in [0.15, 0.2) is 42.5 Å². The predicted octanol–water partition coefficient (Wildman–Crippen LogP) is 4.63. The summed E-state index contributed by atoms with van der Waals surface area (Å²) in [6.07, 6.45) is 7.41. The molecule has 0 aromatic heterocycles. The lowest BCUT2D eigenvalue weighted by Crippen LogP contribution is -2.36. The van der Waals surface area contributed by atoms with E-state index in [1.807, 2.05) is 42.3 Å². The Bertz CT molecular complexity index is 621. The van der Waals surface area contributed by atoms with Crippen LogP contribution in [0.1, 0.15) is 48.9 Å². The summed E-state index contributed by atoms with van der Waals surface area (Å²) in [7, 11) is 1.97. The number of hydrogen-bond acceptors (Lipinski definition) is 1. The lowest BCUT2D eigenvalue weighted by molar-refractivity contribution is 0.0720. The minimum Gasteiger partial charge on any atom is -0.339 e. The maximum absolute atomic E-state index is 12.9.